The van der Waals surface area contributed by atoms with E-state index in [1.807, 2.05) is 0 Å². The zero-order valence-corrected chi connectivity index (χ0v) is 17.7. The summed E-state index contributed by atoms with van der Waals surface area (Å²) < 4.78 is 92.3. The van der Waals surface area contributed by atoms with Crippen LogP contribution in [0.4, 0.5) is 26.3 Å². The van der Waals surface area contributed by atoms with E-state index in [9.17, 15) is 45.8 Å². The molecule has 4 bridgehead atoms. The highest BCUT2D eigenvalue weighted by Gasteiger charge is 2.61. The molecule has 7 nitrogen and oxygen atoms in total. The smallest absolute Gasteiger partial charge is 0.376 e. The van der Waals surface area contributed by atoms with Crippen LogP contribution in [0.15, 0.2) is 0 Å². The summed E-state index contributed by atoms with van der Waals surface area (Å²) in [5.74, 6) is -18.8. The number of aliphatic hydroxyl groups is 1. The number of carbonyl (C=O) groups is 3. The lowest BCUT2D eigenvalue weighted by Gasteiger charge is -2.58. The van der Waals surface area contributed by atoms with Crippen LogP contribution in [-0.2, 0) is 28.6 Å². The highest BCUT2D eigenvalue weighted by atomic mass is 19.3. The lowest BCUT2D eigenvalue weighted by atomic mass is 9.48. The zero-order valence-electron chi connectivity index (χ0n) is 17.7. The molecular formula is C20H24F6O7. The first-order valence-electron chi connectivity index (χ1n) is 10.3. The van der Waals surface area contributed by atoms with Crippen LogP contribution in [-0.4, -0.2) is 66.2 Å². The Bertz CT molecular complexity index is 795. The van der Waals surface area contributed by atoms with Crippen molar-refractivity contribution in [2.24, 2.45) is 17.3 Å². The van der Waals surface area contributed by atoms with Gasteiger partial charge in [-0.2, -0.15) is 26.3 Å². The molecule has 0 spiro atoms. The molecule has 4 saturated carbocycles. The second-order valence-electron chi connectivity index (χ2n) is 9.58. The van der Waals surface area contributed by atoms with Crippen LogP contribution in [0.1, 0.15) is 45.4 Å². The van der Waals surface area contributed by atoms with Crippen molar-refractivity contribution in [3.05, 3.63) is 0 Å². The summed E-state index contributed by atoms with van der Waals surface area (Å²) in [6.45, 7) is -5.58. The van der Waals surface area contributed by atoms with E-state index in [1.54, 1.807) is 0 Å². The fourth-order valence-electron chi connectivity index (χ4n) is 5.44. The summed E-state index contributed by atoms with van der Waals surface area (Å²) in [6.07, 6.45) is 3.15. The van der Waals surface area contributed by atoms with Crippen molar-refractivity contribution in [3.63, 3.8) is 0 Å². The molecule has 0 aromatic rings. The lowest BCUT2D eigenvalue weighted by Crippen LogP contribution is -2.58. The van der Waals surface area contributed by atoms with Crippen molar-refractivity contribution < 1.29 is 60.0 Å². The van der Waals surface area contributed by atoms with Crippen LogP contribution in [0.2, 0.25) is 0 Å². The third kappa shape index (κ3) is 5.38. The number of ether oxygens (including phenoxy) is 3. The average molecular weight is 490 g/mol. The molecule has 4 rings (SSSR count). The Labute approximate surface area is 184 Å². The van der Waals surface area contributed by atoms with Gasteiger partial charge in [-0.05, 0) is 50.4 Å². The van der Waals surface area contributed by atoms with Gasteiger partial charge in [0.1, 0.15) is 0 Å². The van der Waals surface area contributed by atoms with Gasteiger partial charge in [-0.1, -0.05) is 0 Å². The van der Waals surface area contributed by atoms with Gasteiger partial charge in [0.2, 0.25) is 0 Å². The highest BCUT2D eigenvalue weighted by Crippen LogP contribution is 2.62. The third-order valence-electron chi connectivity index (χ3n) is 6.48. The summed E-state index contributed by atoms with van der Waals surface area (Å²) in [5, 5.41) is 10.6. The molecular weight excluding hydrogens is 466 g/mol. The average Bonchev–Trinajstić information content (AvgIpc) is 2.65. The van der Waals surface area contributed by atoms with E-state index in [0.717, 1.165) is 6.42 Å². The van der Waals surface area contributed by atoms with E-state index >= 15 is 0 Å². The third-order valence-corrected chi connectivity index (χ3v) is 6.48. The van der Waals surface area contributed by atoms with E-state index in [4.69, 9.17) is 4.74 Å². The van der Waals surface area contributed by atoms with Crippen molar-refractivity contribution in [2.45, 2.75) is 68.8 Å². The van der Waals surface area contributed by atoms with Crippen LogP contribution in [0.3, 0.4) is 0 Å². The lowest BCUT2D eigenvalue weighted by molar-refractivity contribution is -0.251. The quantitative estimate of drug-likeness (QED) is 0.302. The topological polar surface area (TPSA) is 99.1 Å². The predicted molar refractivity (Wildman–Crippen MR) is 95.5 cm³/mol. The molecule has 0 radical (unpaired) electrons. The van der Waals surface area contributed by atoms with Crippen molar-refractivity contribution in [2.75, 3.05) is 19.8 Å². The Morgan fingerprint density at radius 2 is 1.39 bits per heavy atom. The Morgan fingerprint density at radius 1 is 0.879 bits per heavy atom. The molecule has 1 N–H and O–H groups in total. The van der Waals surface area contributed by atoms with Gasteiger partial charge in [0.05, 0.1) is 11.0 Å². The molecule has 0 saturated heterocycles. The number of hydrogen-bond donors (Lipinski definition) is 1. The maximum absolute atomic E-state index is 13.7. The second kappa shape index (κ2) is 8.31. The molecule has 0 heterocycles. The monoisotopic (exact) mass is 490 g/mol. The van der Waals surface area contributed by atoms with E-state index in [1.165, 1.54) is 0 Å². The summed E-state index contributed by atoms with van der Waals surface area (Å²) >= 11 is 0. The summed E-state index contributed by atoms with van der Waals surface area (Å²) in [5.41, 5.74) is -1.97. The maximum Gasteiger partial charge on any atom is 0.376 e. The van der Waals surface area contributed by atoms with E-state index in [2.05, 4.69) is 9.47 Å². The van der Waals surface area contributed by atoms with Crippen LogP contribution < -0.4 is 0 Å². The molecule has 13 heteroatoms. The number of halogens is 6. The first-order chi connectivity index (χ1) is 15.0. The Balaban J connectivity index is 1.48. The standard InChI is InChI=1S/C20H24F6O7/c1-16(21,22)14(28)33-10-20(25,26)19(23,24)9-32-13(27)7-31-15(29)17-3-11-2-12(4-17)6-18(30,5-11)8-17/h11-12,30H,2-10H2,1H3. The molecule has 4 aliphatic rings. The summed E-state index contributed by atoms with van der Waals surface area (Å²) in [6, 6.07) is 0. The van der Waals surface area contributed by atoms with Crippen molar-refractivity contribution in [1.29, 1.82) is 0 Å². The largest absolute Gasteiger partial charge is 0.456 e. The fourth-order valence-corrected chi connectivity index (χ4v) is 5.44. The van der Waals surface area contributed by atoms with Crippen LogP contribution in [0.25, 0.3) is 0 Å². The predicted octanol–water partition coefficient (Wildman–Crippen LogP) is 2.87. The highest BCUT2D eigenvalue weighted by molar-refractivity contribution is 5.81. The molecule has 2 atom stereocenters. The van der Waals surface area contributed by atoms with Gasteiger partial charge < -0.3 is 19.3 Å². The fraction of sp³-hybridized carbons (Fsp3) is 0.850. The van der Waals surface area contributed by atoms with E-state index < -0.39 is 66.5 Å². The minimum atomic E-state index is -5.11. The van der Waals surface area contributed by atoms with Crippen molar-refractivity contribution >= 4 is 17.9 Å². The summed E-state index contributed by atoms with van der Waals surface area (Å²) in [7, 11) is 0. The normalized spacial score (nSPS) is 31.3. The minimum Gasteiger partial charge on any atom is -0.456 e. The molecule has 4 fully saturated rings. The van der Waals surface area contributed by atoms with E-state index in [0.29, 0.717) is 25.7 Å². The molecule has 0 aromatic carbocycles. The minimum absolute atomic E-state index is 0.0402. The van der Waals surface area contributed by atoms with Crippen molar-refractivity contribution in [3.8, 4) is 0 Å². The molecule has 33 heavy (non-hydrogen) atoms. The van der Waals surface area contributed by atoms with Gasteiger partial charge in [-0.25, -0.2) is 9.59 Å². The molecule has 4 aliphatic carbocycles. The molecule has 2 unspecified atom stereocenters. The second-order valence-corrected chi connectivity index (χ2v) is 9.58. The number of alkyl halides is 6. The Kier molecular flexibility index (Phi) is 6.44. The Hall–Kier alpha value is -2.05. The van der Waals surface area contributed by atoms with Gasteiger partial charge in [0.25, 0.3) is 0 Å². The van der Waals surface area contributed by atoms with Gasteiger partial charge in [-0.3, -0.25) is 4.79 Å². The first kappa shape index (κ1) is 25.6. The van der Waals surface area contributed by atoms with Crippen LogP contribution in [0, 0.1) is 17.3 Å². The van der Waals surface area contributed by atoms with Crippen LogP contribution in [0.5, 0.6) is 0 Å². The SMILES string of the molecule is CC(F)(F)C(=O)OCC(F)(F)C(F)(F)COC(=O)COC(=O)C12CC3CC(CC(O)(C3)C1)C2. The van der Waals surface area contributed by atoms with Crippen molar-refractivity contribution in [1.82, 2.24) is 0 Å². The first-order valence-corrected chi connectivity index (χ1v) is 10.3. The number of rotatable bonds is 9. The van der Waals surface area contributed by atoms with E-state index in [-0.39, 0.29) is 25.2 Å². The number of esters is 3. The molecule has 0 aromatic heterocycles. The van der Waals surface area contributed by atoms with Gasteiger partial charge in [-0.15, -0.1) is 0 Å². The zero-order chi connectivity index (χ0) is 24.9. The molecule has 0 aliphatic heterocycles. The van der Waals surface area contributed by atoms with Gasteiger partial charge in [0, 0.05) is 6.92 Å². The summed E-state index contributed by atoms with van der Waals surface area (Å²) in [4.78, 5) is 35.1. The maximum atomic E-state index is 13.7. The van der Waals surface area contributed by atoms with Gasteiger partial charge >= 0.3 is 35.7 Å². The van der Waals surface area contributed by atoms with Gasteiger partial charge in [0.15, 0.2) is 19.8 Å². The molecule has 188 valence electrons. The number of carbonyl (C=O) groups excluding carboxylic acids is 3. The molecule has 0 amide bonds. The van der Waals surface area contributed by atoms with Crippen LogP contribution >= 0.6 is 0 Å². The Morgan fingerprint density at radius 3 is 1.88 bits per heavy atom. The number of hydrogen-bond acceptors (Lipinski definition) is 7.